The molecule has 2 aromatic carbocycles. The third-order valence-electron chi connectivity index (χ3n) is 5.27. The van der Waals surface area contributed by atoms with Crippen molar-refractivity contribution in [3.63, 3.8) is 0 Å². The summed E-state index contributed by atoms with van der Waals surface area (Å²) in [6, 6.07) is 19.4. The van der Waals surface area contributed by atoms with Gasteiger partial charge >= 0.3 is 0 Å². The number of benzene rings is 2. The van der Waals surface area contributed by atoms with E-state index in [1.54, 1.807) is 0 Å². The Balaban J connectivity index is 1.88. The van der Waals surface area contributed by atoms with Gasteiger partial charge in [0.25, 0.3) is 0 Å². The lowest BCUT2D eigenvalue weighted by Crippen LogP contribution is -2.03. The molecule has 2 nitrogen and oxygen atoms in total. The van der Waals surface area contributed by atoms with Gasteiger partial charge in [-0.2, -0.15) is 0 Å². The zero-order valence-corrected chi connectivity index (χ0v) is 16.0. The molecule has 0 atom stereocenters. The first kappa shape index (κ1) is 15.8. The van der Waals surface area contributed by atoms with E-state index in [9.17, 15) is 0 Å². The summed E-state index contributed by atoms with van der Waals surface area (Å²) in [6.45, 7) is 0. The third kappa shape index (κ3) is 2.50. The molecule has 0 radical (unpaired) electrons. The van der Waals surface area contributed by atoms with Crippen molar-refractivity contribution in [3.05, 3.63) is 76.9 Å². The Kier molecular flexibility index (Phi) is 3.90. The topological polar surface area (TPSA) is 17.8 Å². The number of para-hydroxylation sites is 1. The highest BCUT2D eigenvalue weighted by atomic mass is 79.9. The largest absolute Gasteiger partial charge is 0.293 e. The normalized spacial score (nSPS) is 14.7. The number of hydrogen-bond acceptors (Lipinski definition) is 1. The maximum atomic E-state index is 4.83. The number of aromatic nitrogens is 2. The molecule has 0 aliphatic heterocycles. The first-order valence-electron chi connectivity index (χ1n) is 9.16. The van der Waals surface area contributed by atoms with Crippen LogP contribution in [-0.2, 0) is 0 Å². The van der Waals surface area contributed by atoms with E-state index in [0.717, 1.165) is 16.7 Å². The molecule has 128 valence electrons. The van der Waals surface area contributed by atoms with Crippen LogP contribution in [0.5, 0.6) is 0 Å². The zero-order valence-electron chi connectivity index (χ0n) is 14.5. The van der Waals surface area contributed by atoms with Crippen LogP contribution in [0.15, 0.2) is 71.3 Å². The van der Waals surface area contributed by atoms with Crippen LogP contribution in [0.25, 0.3) is 33.2 Å². The molecule has 0 saturated heterocycles. The summed E-state index contributed by atoms with van der Waals surface area (Å²) in [5.74, 6) is 1.03. The van der Waals surface area contributed by atoms with Gasteiger partial charge in [0, 0.05) is 27.0 Å². The van der Waals surface area contributed by atoms with Gasteiger partial charge in [0.05, 0.1) is 11.0 Å². The van der Waals surface area contributed by atoms with E-state index in [1.807, 2.05) is 6.20 Å². The highest BCUT2D eigenvalue weighted by molar-refractivity contribution is 9.10. The number of hydrogen-bond donors (Lipinski definition) is 0. The molecule has 0 bridgehead atoms. The minimum absolute atomic E-state index is 1.03. The Morgan fingerprint density at radius 2 is 1.77 bits per heavy atom. The Morgan fingerprint density at radius 3 is 2.65 bits per heavy atom. The van der Waals surface area contributed by atoms with E-state index in [2.05, 4.69) is 81.2 Å². The van der Waals surface area contributed by atoms with Gasteiger partial charge in [-0.25, -0.2) is 4.98 Å². The average Bonchev–Trinajstić information content (AvgIpc) is 3.02. The highest BCUT2D eigenvalue weighted by Crippen LogP contribution is 2.36. The number of pyridine rings is 1. The molecular formula is C23H19BrN2. The lowest BCUT2D eigenvalue weighted by atomic mass is 9.94. The standard InChI is InChI=1S/C23H19BrN2/c24-17-12-13-20-19-9-4-5-11-21(19)26(22(20)15-17)23-18(10-6-14-25-23)16-7-2-1-3-8-16/h4-7,9-15H,1-3,8H2. The van der Waals surface area contributed by atoms with Gasteiger partial charge in [0.2, 0.25) is 0 Å². The fourth-order valence-corrected chi connectivity index (χ4v) is 4.43. The minimum Gasteiger partial charge on any atom is -0.293 e. The van der Waals surface area contributed by atoms with Crippen LogP contribution in [-0.4, -0.2) is 9.55 Å². The first-order valence-corrected chi connectivity index (χ1v) is 9.96. The molecule has 0 spiro atoms. The average molecular weight is 403 g/mol. The molecule has 0 fully saturated rings. The Hall–Kier alpha value is -2.39. The number of fused-ring (bicyclic) bond motifs is 3. The smallest absolute Gasteiger partial charge is 0.145 e. The van der Waals surface area contributed by atoms with Crippen LogP contribution < -0.4 is 0 Å². The van der Waals surface area contributed by atoms with Crippen molar-refractivity contribution in [2.45, 2.75) is 25.7 Å². The van der Waals surface area contributed by atoms with Gasteiger partial charge in [0.1, 0.15) is 5.82 Å². The number of rotatable bonds is 2. The summed E-state index contributed by atoms with van der Waals surface area (Å²) in [6.07, 6.45) is 9.16. The zero-order chi connectivity index (χ0) is 17.5. The number of nitrogens with zero attached hydrogens (tertiary/aromatic N) is 2. The predicted octanol–water partition coefficient (Wildman–Crippen LogP) is 6.90. The van der Waals surface area contributed by atoms with Crippen molar-refractivity contribution in [1.29, 1.82) is 0 Å². The summed E-state index contributed by atoms with van der Waals surface area (Å²) in [5.41, 5.74) is 5.09. The van der Waals surface area contributed by atoms with Crippen LogP contribution in [0.1, 0.15) is 31.2 Å². The summed E-state index contributed by atoms with van der Waals surface area (Å²) in [7, 11) is 0. The van der Waals surface area contributed by atoms with Gasteiger partial charge in [-0.05, 0) is 61.6 Å². The van der Waals surface area contributed by atoms with Crippen LogP contribution in [0.3, 0.4) is 0 Å². The summed E-state index contributed by atoms with van der Waals surface area (Å²) >= 11 is 3.65. The van der Waals surface area contributed by atoms with Gasteiger partial charge in [-0.15, -0.1) is 0 Å². The molecule has 0 N–H and O–H groups in total. The molecular weight excluding hydrogens is 384 g/mol. The van der Waals surface area contributed by atoms with E-state index < -0.39 is 0 Å². The lowest BCUT2D eigenvalue weighted by molar-refractivity contribution is 0.741. The van der Waals surface area contributed by atoms with Crippen molar-refractivity contribution in [2.75, 3.05) is 0 Å². The SMILES string of the molecule is Brc1ccc2c3ccccc3n(-c3ncccc3C3=CCCCC3)c2c1. The molecule has 0 amide bonds. The minimum atomic E-state index is 1.03. The van der Waals surface area contributed by atoms with E-state index in [4.69, 9.17) is 4.98 Å². The lowest BCUT2D eigenvalue weighted by Gasteiger charge is -2.17. The molecule has 2 aromatic heterocycles. The monoisotopic (exact) mass is 402 g/mol. The molecule has 1 aliphatic carbocycles. The Bertz CT molecular complexity index is 1150. The van der Waals surface area contributed by atoms with E-state index in [1.165, 1.54) is 52.2 Å². The highest BCUT2D eigenvalue weighted by Gasteiger charge is 2.18. The Labute approximate surface area is 161 Å². The van der Waals surface area contributed by atoms with Crippen molar-refractivity contribution < 1.29 is 0 Å². The van der Waals surface area contributed by atoms with Crippen LogP contribution >= 0.6 is 15.9 Å². The second-order valence-electron chi connectivity index (χ2n) is 6.86. The van der Waals surface area contributed by atoms with E-state index in [0.29, 0.717) is 0 Å². The molecule has 5 rings (SSSR count). The molecule has 1 aliphatic rings. The number of allylic oxidation sites excluding steroid dienone is 2. The fourth-order valence-electron chi connectivity index (χ4n) is 4.08. The Morgan fingerprint density at radius 1 is 0.885 bits per heavy atom. The first-order chi connectivity index (χ1) is 12.8. The van der Waals surface area contributed by atoms with Crippen molar-refractivity contribution >= 4 is 43.3 Å². The van der Waals surface area contributed by atoms with Crippen molar-refractivity contribution in [3.8, 4) is 5.82 Å². The van der Waals surface area contributed by atoms with Gasteiger partial charge in [-0.1, -0.05) is 46.3 Å². The molecule has 0 unspecified atom stereocenters. The summed E-state index contributed by atoms with van der Waals surface area (Å²) < 4.78 is 3.41. The van der Waals surface area contributed by atoms with Crippen LogP contribution in [0.2, 0.25) is 0 Å². The molecule has 0 saturated carbocycles. The predicted molar refractivity (Wildman–Crippen MR) is 113 cm³/mol. The second-order valence-corrected chi connectivity index (χ2v) is 7.78. The molecule has 2 heterocycles. The van der Waals surface area contributed by atoms with E-state index in [-0.39, 0.29) is 0 Å². The van der Waals surface area contributed by atoms with Gasteiger partial charge < -0.3 is 0 Å². The summed E-state index contributed by atoms with van der Waals surface area (Å²) in [5, 5.41) is 2.53. The van der Waals surface area contributed by atoms with Gasteiger partial charge in [-0.3, -0.25) is 4.57 Å². The number of halogens is 1. The maximum Gasteiger partial charge on any atom is 0.145 e. The maximum absolute atomic E-state index is 4.83. The van der Waals surface area contributed by atoms with E-state index >= 15 is 0 Å². The van der Waals surface area contributed by atoms with Crippen molar-refractivity contribution in [2.24, 2.45) is 0 Å². The molecule has 4 aromatic rings. The van der Waals surface area contributed by atoms with Gasteiger partial charge in [0.15, 0.2) is 0 Å². The molecule has 3 heteroatoms. The van der Waals surface area contributed by atoms with Crippen LogP contribution in [0.4, 0.5) is 0 Å². The molecule has 26 heavy (non-hydrogen) atoms. The van der Waals surface area contributed by atoms with Crippen LogP contribution in [0, 0.1) is 0 Å². The summed E-state index contributed by atoms with van der Waals surface area (Å²) in [4.78, 5) is 4.83. The van der Waals surface area contributed by atoms with Crippen molar-refractivity contribution in [1.82, 2.24) is 9.55 Å². The quantitative estimate of drug-likeness (QED) is 0.356. The fraction of sp³-hybridized carbons (Fsp3) is 0.174. The second kappa shape index (κ2) is 6.40. The third-order valence-corrected chi connectivity index (χ3v) is 5.76.